The Morgan fingerprint density at radius 2 is 1.95 bits per heavy atom. The van der Waals surface area contributed by atoms with Gasteiger partial charge >= 0.3 is 5.97 Å². The van der Waals surface area contributed by atoms with Gasteiger partial charge in [0.2, 0.25) is 5.91 Å². The molecule has 2 saturated carbocycles. The number of amides is 1. The zero-order chi connectivity index (χ0) is 15.4. The molecule has 2 aliphatic carbocycles. The van der Waals surface area contributed by atoms with Crippen molar-refractivity contribution in [2.45, 2.75) is 38.7 Å². The maximum Gasteiger partial charge on any atom is 0.325 e. The number of nitrogens with one attached hydrogen (secondary N) is 1. The molecular formula is C18H23NO3. The van der Waals surface area contributed by atoms with Crippen LogP contribution in [0.5, 0.6) is 0 Å². The first-order valence-electron chi connectivity index (χ1n) is 8.17. The van der Waals surface area contributed by atoms with Crippen LogP contribution in [0, 0.1) is 17.8 Å². The predicted octanol–water partition coefficient (Wildman–Crippen LogP) is 2.67. The third-order valence-electron chi connectivity index (χ3n) is 5.00. The molecule has 2 aliphatic rings. The second kappa shape index (κ2) is 6.95. The first-order chi connectivity index (χ1) is 10.7. The Bertz CT molecular complexity index is 528. The lowest BCUT2D eigenvalue weighted by Crippen LogP contribution is -2.32. The van der Waals surface area contributed by atoms with Gasteiger partial charge in [-0.2, -0.15) is 0 Å². The van der Waals surface area contributed by atoms with Gasteiger partial charge in [-0.05, 0) is 42.6 Å². The molecule has 0 radical (unpaired) electrons. The standard InChI is InChI=1S/C18H23NO3/c20-17(10-16-9-14-6-7-15(16)8-14)19-11-18(21)22-12-13-4-2-1-3-5-13/h1-5,14-16H,6-12H2,(H,19,20). The number of ether oxygens (including phenoxy) is 1. The first kappa shape index (κ1) is 15.1. The van der Waals surface area contributed by atoms with Gasteiger partial charge in [0.05, 0.1) is 0 Å². The monoisotopic (exact) mass is 301 g/mol. The second-order valence-corrected chi connectivity index (χ2v) is 6.56. The Labute approximate surface area is 131 Å². The molecule has 0 aliphatic heterocycles. The van der Waals surface area contributed by atoms with E-state index in [2.05, 4.69) is 5.32 Å². The number of benzene rings is 1. The van der Waals surface area contributed by atoms with Crippen molar-refractivity contribution in [2.75, 3.05) is 6.54 Å². The van der Waals surface area contributed by atoms with Crippen LogP contribution in [0.2, 0.25) is 0 Å². The summed E-state index contributed by atoms with van der Waals surface area (Å²) in [4.78, 5) is 23.6. The molecule has 0 saturated heterocycles. The molecule has 1 aromatic rings. The van der Waals surface area contributed by atoms with E-state index in [0.29, 0.717) is 12.3 Å². The van der Waals surface area contributed by atoms with Crippen LogP contribution < -0.4 is 5.32 Å². The van der Waals surface area contributed by atoms with E-state index in [0.717, 1.165) is 17.4 Å². The molecule has 0 heterocycles. The zero-order valence-electron chi connectivity index (χ0n) is 12.8. The average Bonchev–Trinajstić information content (AvgIpc) is 3.14. The van der Waals surface area contributed by atoms with Crippen LogP contribution in [0.4, 0.5) is 0 Å². The highest BCUT2D eigenvalue weighted by molar-refractivity contribution is 5.82. The zero-order valence-corrected chi connectivity index (χ0v) is 12.8. The molecule has 1 aromatic carbocycles. The maximum absolute atomic E-state index is 11.9. The van der Waals surface area contributed by atoms with Crippen LogP contribution in [-0.4, -0.2) is 18.4 Å². The van der Waals surface area contributed by atoms with Crippen molar-refractivity contribution in [3.05, 3.63) is 35.9 Å². The van der Waals surface area contributed by atoms with Gasteiger partial charge in [-0.15, -0.1) is 0 Å². The largest absolute Gasteiger partial charge is 0.460 e. The molecule has 4 heteroatoms. The summed E-state index contributed by atoms with van der Waals surface area (Å²) in [6, 6.07) is 9.53. The smallest absolute Gasteiger partial charge is 0.325 e. The lowest BCUT2D eigenvalue weighted by atomic mass is 9.86. The number of rotatable bonds is 6. The molecule has 3 rings (SSSR count). The fourth-order valence-electron chi connectivity index (χ4n) is 3.90. The Kier molecular flexibility index (Phi) is 4.76. The molecule has 22 heavy (non-hydrogen) atoms. The molecule has 3 atom stereocenters. The van der Waals surface area contributed by atoms with E-state index in [9.17, 15) is 9.59 Å². The van der Waals surface area contributed by atoms with Crippen molar-refractivity contribution in [3.8, 4) is 0 Å². The third-order valence-corrected chi connectivity index (χ3v) is 5.00. The number of fused-ring (bicyclic) bond motifs is 2. The normalized spacial score (nSPS) is 25.9. The summed E-state index contributed by atoms with van der Waals surface area (Å²) in [5.41, 5.74) is 0.948. The lowest BCUT2D eigenvalue weighted by Gasteiger charge is -2.20. The third kappa shape index (κ3) is 3.87. The minimum atomic E-state index is -0.384. The van der Waals surface area contributed by atoms with Crippen molar-refractivity contribution in [1.82, 2.24) is 5.32 Å². The van der Waals surface area contributed by atoms with Gasteiger partial charge in [-0.3, -0.25) is 9.59 Å². The van der Waals surface area contributed by atoms with E-state index in [4.69, 9.17) is 4.74 Å². The average molecular weight is 301 g/mol. The summed E-state index contributed by atoms with van der Waals surface area (Å²) in [5.74, 6) is 1.71. The van der Waals surface area contributed by atoms with E-state index in [1.54, 1.807) is 0 Å². The van der Waals surface area contributed by atoms with Gasteiger partial charge in [0, 0.05) is 6.42 Å². The predicted molar refractivity (Wildman–Crippen MR) is 82.8 cm³/mol. The minimum absolute atomic E-state index is 0.0192. The Balaban J connectivity index is 1.33. The van der Waals surface area contributed by atoms with Crippen molar-refractivity contribution in [3.63, 3.8) is 0 Å². The van der Waals surface area contributed by atoms with E-state index in [1.807, 2.05) is 30.3 Å². The SMILES string of the molecule is O=C(CC1CC2CCC1C2)NCC(=O)OCc1ccccc1. The van der Waals surface area contributed by atoms with Crippen LogP contribution in [0.25, 0.3) is 0 Å². The van der Waals surface area contributed by atoms with Crippen molar-refractivity contribution < 1.29 is 14.3 Å². The molecule has 118 valence electrons. The van der Waals surface area contributed by atoms with Crippen LogP contribution in [0.15, 0.2) is 30.3 Å². The molecule has 3 unspecified atom stereocenters. The van der Waals surface area contributed by atoms with Gasteiger partial charge in [0.15, 0.2) is 0 Å². The van der Waals surface area contributed by atoms with Gasteiger partial charge in [0.1, 0.15) is 13.2 Å². The maximum atomic E-state index is 11.9. The molecule has 0 aromatic heterocycles. The van der Waals surface area contributed by atoms with E-state index < -0.39 is 0 Å². The van der Waals surface area contributed by atoms with Crippen LogP contribution >= 0.6 is 0 Å². The molecule has 1 amide bonds. The summed E-state index contributed by atoms with van der Waals surface area (Å²) in [5, 5.41) is 2.69. The highest BCUT2D eigenvalue weighted by Gasteiger charge is 2.40. The highest BCUT2D eigenvalue weighted by Crippen LogP contribution is 2.49. The van der Waals surface area contributed by atoms with Gasteiger partial charge < -0.3 is 10.1 Å². The Morgan fingerprint density at radius 1 is 1.14 bits per heavy atom. The molecule has 2 bridgehead atoms. The van der Waals surface area contributed by atoms with Gasteiger partial charge in [-0.25, -0.2) is 0 Å². The molecule has 1 N–H and O–H groups in total. The van der Waals surface area contributed by atoms with Gasteiger partial charge in [-0.1, -0.05) is 36.8 Å². The topological polar surface area (TPSA) is 55.4 Å². The summed E-state index contributed by atoms with van der Waals surface area (Å²) in [7, 11) is 0. The van der Waals surface area contributed by atoms with Crippen LogP contribution in [-0.2, 0) is 20.9 Å². The second-order valence-electron chi connectivity index (χ2n) is 6.56. The van der Waals surface area contributed by atoms with E-state index in [-0.39, 0.29) is 25.0 Å². The summed E-state index contributed by atoms with van der Waals surface area (Å²) in [6.07, 6.45) is 5.68. The van der Waals surface area contributed by atoms with E-state index >= 15 is 0 Å². The molecule has 4 nitrogen and oxygen atoms in total. The summed E-state index contributed by atoms with van der Waals surface area (Å²) < 4.78 is 5.14. The Morgan fingerprint density at radius 3 is 2.64 bits per heavy atom. The first-order valence-corrected chi connectivity index (χ1v) is 8.17. The number of carbonyl (C=O) groups is 2. The molecular weight excluding hydrogens is 278 g/mol. The minimum Gasteiger partial charge on any atom is -0.460 e. The van der Waals surface area contributed by atoms with Crippen molar-refractivity contribution >= 4 is 11.9 Å². The van der Waals surface area contributed by atoms with Crippen LogP contribution in [0.1, 0.15) is 37.7 Å². The molecule has 2 fully saturated rings. The fraction of sp³-hybridized carbons (Fsp3) is 0.556. The number of esters is 1. The fourth-order valence-corrected chi connectivity index (χ4v) is 3.90. The quantitative estimate of drug-likeness (QED) is 0.822. The number of hydrogen-bond donors (Lipinski definition) is 1. The summed E-state index contributed by atoms with van der Waals surface area (Å²) in [6.45, 7) is 0.217. The van der Waals surface area contributed by atoms with Crippen molar-refractivity contribution in [2.24, 2.45) is 17.8 Å². The molecule has 0 spiro atoms. The van der Waals surface area contributed by atoms with Gasteiger partial charge in [0.25, 0.3) is 0 Å². The Hall–Kier alpha value is -1.84. The number of hydrogen-bond acceptors (Lipinski definition) is 3. The lowest BCUT2D eigenvalue weighted by molar-refractivity contribution is -0.145. The highest BCUT2D eigenvalue weighted by atomic mass is 16.5. The number of carbonyl (C=O) groups excluding carboxylic acids is 2. The summed E-state index contributed by atoms with van der Waals surface area (Å²) >= 11 is 0. The van der Waals surface area contributed by atoms with E-state index in [1.165, 1.54) is 25.7 Å². The van der Waals surface area contributed by atoms with Crippen LogP contribution in [0.3, 0.4) is 0 Å². The van der Waals surface area contributed by atoms with Crippen molar-refractivity contribution in [1.29, 1.82) is 0 Å².